The summed E-state index contributed by atoms with van der Waals surface area (Å²) < 4.78 is 5.87. The summed E-state index contributed by atoms with van der Waals surface area (Å²) in [6.45, 7) is 6.49. The highest BCUT2D eigenvalue weighted by molar-refractivity contribution is 6.05. The fraction of sp³-hybridized carbons (Fsp3) is 0.444. The highest BCUT2D eigenvalue weighted by Crippen LogP contribution is 2.25. The molecular formula is C18H26N4O2. The molecule has 1 aromatic rings. The molecule has 6 heteroatoms. The normalized spacial score (nSPS) is 17.3. The number of anilines is 1. The summed E-state index contributed by atoms with van der Waals surface area (Å²) in [5, 5.41) is 8.91. The Morgan fingerprint density at radius 2 is 2.08 bits per heavy atom. The van der Waals surface area contributed by atoms with Gasteiger partial charge in [-0.25, -0.2) is 0 Å². The van der Waals surface area contributed by atoms with Gasteiger partial charge in [-0.1, -0.05) is 31.5 Å². The molecule has 1 atom stereocenters. The predicted octanol–water partition coefficient (Wildman–Crippen LogP) is 2.58. The average molecular weight is 330 g/mol. The molecule has 0 spiro atoms. The Morgan fingerprint density at radius 1 is 1.38 bits per heavy atom. The first-order valence-electron chi connectivity index (χ1n) is 8.37. The molecule has 6 nitrogen and oxygen atoms in total. The molecule has 1 aliphatic heterocycles. The van der Waals surface area contributed by atoms with Gasteiger partial charge in [-0.2, -0.15) is 10.1 Å². The molecule has 130 valence electrons. The second-order valence-corrected chi connectivity index (χ2v) is 6.02. The van der Waals surface area contributed by atoms with Gasteiger partial charge in [0.15, 0.2) is 0 Å². The number of hydrogen-bond acceptors (Lipinski definition) is 5. The highest BCUT2D eigenvalue weighted by Gasteiger charge is 2.29. The smallest absolute Gasteiger partial charge is 0.235 e. The van der Waals surface area contributed by atoms with Crippen molar-refractivity contribution in [3.05, 3.63) is 42.3 Å². The number of rotatable bonds is 7. The van der Waals surface area contributed by atoms with E-state index in [0.717, 1.165) is 18.5 Å². The number of hydrogen-bond donors (Lipinski definition) is 2. The highest BCUT2D eigenvalue weighted by atomic mass is 16.5. The van der Waals surface area contributed by atoms with Gasteiger partial charge in [-0.05, 0) is 38.5 Å². The minimum Gasteiger partial charge on any atom is -0.478 e. The van der Waals surface area contributed by atoms with Crippen molar-refractivity contribution < 1.29 is 9.53 Å². The van der Waals surface area contributed by atoms with Gasteiger partial charge in [0, 0.05) is 6.04 Å². The van der Waals surface area contributed by atoms with Crippen molar-refractivity contribution in [2.24, 2.45) is 16.8 Å². The molecule has 0 aromatic heterocycles. The van der Waals surface area contributed by atoms with Crippen LogP contribution in [0.3, 0.4) is 0 Å². The molecular weight excluding hydrogens is 304 g/mol. The Balaban J connectivity index is 2.26. The minimum atomic E-state index is -0.621. The third-order valence-corrected chi connectivity index (χ3v) is 3.51. The lowest BCUT2D eigenvalue weighted by Gasteiger charge is -2.29. The lowest BCUT2D eigenvalue weighted by atomic mass is 10.1. The quantitative estimate of drug-likeness (QED) is 0.753. The van der Waals surface area contributed by atoms with E-state index in [0.29, 0.717) is 12.5 Å². The third kappa shape index (κ3) is 4.50. The van der Waals surface area contributed by atoms with Gasteiger partial charge < -0.3 is 15.8 Å². The topological polar surface area (TPSA) is 79.9 Å². The summed E-state index contributed by atoms with van der Waals surface area (Å²) in [5.74, 6) is -0.00728. The van der Waals surface area contributed by atoms with Crippen LogP contribution in [0.4, 0.5) is 5.69 Å². The van der Waals surface area contributed by atoms with Crippen molar-refractivity contribution >= 4 is 17.4 Å². The molecule has 0 bridgehead atoms. The third-order valence-electron chi connectivity index (χ3n) is 3.51. The van der Waals surface area contributed by atoms with Crippen LogP contribution >= 0.6 is 0 Å². The first-order chi connectivity index (χ1) is 11.5. The van der Waals surface area contributed by atoms with E-state index in [4.69, 9.17) is 10.5 Å². The van der Waals surface area contributed by atoms with Gasteiger partial charge >= 0.3 is 0 Å². The molecule has 1 amide bonds. The van der Waals surface area contributed by atoms with Crippen LogP contribution in [0.2, 0.25) is 0 Å². The van der Waals surface area contributed by atoms with Crippen LogP contribution in [-0.4, -0.2) is 24.4 Å². The van der Waals surface area contributed by atoms with Gasteiger partial charge in [0.05, 0.1) is 12.3 Å². The first-order valence-corrected chi connectivity index (χ1v) is 8.37. The van der Waals surface area contributed by atoms with E-state index in [1.807, 2.05) is 44.2 Å². The molecule has 1 unspecified atom stereocenters. The number of ether oxygens (including phenoxy) is 1. The van der Waals surface area contributed by atoms with E-state index < -0.39 is 5.92 Å². The molecule has 3 N–H and O–H groups in total. The molecule has 24 heavy (non-hydrogen) atoms. The van der Waals surface area contributed by atoms with Crippen LogP contribution in [0, 0.1) is 5.92 Å². The van der Waals surface area contributed by atoms with Gasteiger partial charge in [0.25, 0.3) is 0 Å². The molecule has 0 fully saturated rings. The maximum absolute atomic E-state index is 12.3. The van der Waals surface area contributed by atoms with Crippen molar-refractivity contribution in [3.8, 4) is 0 Å². The summed E-state index contributed by atoms with van der Waals surface area (Å²) >= 11 is 0. The van der Waals surface area contributed by atoms with E-state index in [9.17, 15) is 4.79 Å². The lowest BCUT2D eigenvalue weighted by molar-refractivity contribution is -0.122. The molecule has 1 heterocycles. The number of amides is 1. The van der Waals surface area contributed by atoms with Gasteiger partial charge in [0.2, 0.25) is 11.8 Å². The summed E-state index contributed by atoms with van der Waals surface area (Å²) in [6, 6.07) is 9.64. The fourth-order valence-corrected chi connectivity index (χ4v) is 2.29. The standard InChI is InChI=1S/C18H26N4O2/c1-4-5-11-24-16-12-15(18(23)20-13(2)3)17(19)21-22(16)14-9-7-6-8-10-14/h6-10,12-13,15H,4-5,11H2,1-3H3,(H2,19,21)(H,20,23). The largest absolute Gasteiger partial charge is 0.478 e. The zero-order valence-electron chi connectivity index (χ0n) is 14.5. The molecule has 1 aliphatic rings. The van der Waals surface area contributed by atoms with E-state index in [-0.39, 0.29) is 17.8 Å². The Hall–Kier alpha value is -2.50. The SMILES string of the molecule is CCCCOC1=CC(C(=O)NC(C)C)C(N)=NN1c1ccccc1. The second-order valence-electron chi connectivity index (χ2n) is 6.02. The van der Waals surface area contributed by atoms with Gasteiger partial charge in [-0.3, -0.25) is 4.79 Å². The van der Waals surface area contributed by atoms with Gasteiger partial charge in [0.1, 0.15) is 11.8 Å². The molecule has 1 aromatic carbocycles. The Labute approximate surface area is 143 Å². The zero-order valence-corrected chi connectivity index (χ0v) is 14.5. The Kier molecular flexibility index (Phi) is 6.23. The number of carbonyl (C=O) groups excluding carboxylic acids is 1. The number of nitrogens with two attached hydrogens (primary N) is 1. The van der Waals surface area contributed by atoms with Crippen LogP contribution in [-0.2, 0) is 9.53 Å². The van der Waals surface area contributed by atoms with Crippen LogP contribution in [0.25, 0.3) is 0 Å². The average Bonchev–Trinajstić information content (AvgIpc) is 2.56. The fourth-order valence-electron chi connectivity index (χ4n) is 2.29. The van der Waals surface area contributed by atoms with Crippen molar-refractivity contribution in [2.45, 2.75) is 39.7 Å². The van der Waals surface area contributed by atoms with E-state index >= 15 is 0 Å². The van der Waals surface area contributed by atoms with Crippen molar-refractivity contribution in [1.82, 2.24) is 5.32 Å². The molecule has 0 saturated heterocycles. The van der Waals surface area contributed by atoms with Crippen LogP contribution in [0.5, 0.6) is 0 Å². The molecule has 2 rings (SSSR count). The van der Waals surface area contributed by atoms with Crippen LogP contribution < -0.4 is 16.1 Å². The zero-order chi connectivity index (χ0) is 17.5. The number of para-hydroxylation sites is 1. The Morgan fingerprint density at radius 3 is 2.71 bits per heavy atom. The summed E-state index contributed by atoms with van der Waals surface area (Å²) in [6.07, 6.45) is 3.70. The first kappa shape index (κ1) is 17.8. The molecule has 0 aliphatic carbocycles. The summed E-state index contributed by atoms with van der Waals surface area (Å²) in [7, 11) is 0. The van der Waals surface area contributed by atoms with E-state index in [1.165, 1.54) is 0 Å². The van der Waals surface area contributed by atoms with Crippen molar-refractivity contribution in [1.29, 1.82) is 0 Å². The van der Waals surface area contributed by atoms with Crippen LogP contribution in [0.1, 0.15) is 33.6 Å². The monoisotopic (exact) mass is 330 g/mol. The number of unbranched alkanes of at least 4 members (excludes halogenated alkanes) is 1. The Bertz CT molecular complexity index is 611. The number of nitrogens with one attached hydrogen (secondary N) is 1. The number of amidine groups is 1. The van der Waals surface area contributed by atoms with Crippen LogP contribution in [0.15, 0.2) is 47.4 Å². The van der Waals surface area contributed by atoms with E-state index in [2.05, 4.69) is 17.3 Å². The second kappa shape index (κ2) is 8.38. The maximum atomic E-state index is 12.3. The number of nitrogens with zero attached hydrogens (tertiary/aromatic N) is 2. The summed E-state index contributed by atoms with van der Waals surface area (Å²) in [4.78, 5) is 12.3. The van der Waals surface area contributed by atoms with Crippen molar-refractivity contribution in [2.75, 3.05) is 11.6 Å². The van der Waals surface area contributed by atoms with Gasteiger partial charge in [-0.15, -0.1) is 0 Å². The number of carbonyl (C=O) groups is 1. The number of benzene rings is 1. The summed E-state index contributed by atoms with van der Waals surface area (Å²) in [5.41, 5.74) is 6.89. The minimum absolute atomic E-state index is 0.0373. The maximum Gasteiger partial charge on any atom is 0.235 e. The molecule has 0 radical (unpaired) electrons. The predicted molar refractivity (Wildman–Crippen MR) is 96.3 cm³/mol. The molecule has 0 saturated carbocycles. The van der Waals surface area contributed by atoms with Crippen molar-refractivity contribution in [3.63, 3.8) is 0 Å². The lowest BCUT2D eigenvalue weighted by Crippen LogP contribution is -2.44. The number of hydrazone groups is 1. The van der Waals surface area contributed by atoms with E-state index in [1.54, 1.807) is 11.1 Å².